The molecular weight excluding hydrogens is 407 g/mol. The van der Waals surface area contributed by atoms with E-state index in [0.717, 1.165) is 45.8 Å². The first-order chi connectivity index (χ1) is 11.0. The predicted molar refractivity (Wildman–Crippen MR) is 95.0 cm³/mol. The molecule has 0 amide bonds. The minimum atomic E-state index is -0.729. The standard InChI is InChI=1S/C17H19IN2O3/c1-10-15(20-17(18)19-10)6-7-23-13-4-5-14-11(8-13)2-3-12(14)9-16(21)22/h4-5,8,12H,2-3,6-7,9H2,1H3,(H,19,20)(H,21,22)/t12-/m0/s1. The number of imidazole rings is 1. The van der Waals surface area contributed by atoms with Crippen molar-refractivity contribution in [2.75, 3.05) is 6.61 Å². The van der Waals surface area contributed by atoms with E-state index in [1.807, 2.05) is 19.1 Å². The summed E-state index contributed by atoms with van der Waals surface area (Å²) >= 11 is 2.17. The van der Waals surface area contributed by atoms with Gasteiger partial charge in [-0.1, -0.05) is 6.07 Å². The molecule has 3 rings (SSSR count). The van der Waals surface area contributed by atoms with Crippen LogP contribution >= 0.6 is 22.6 Å². The Hall–Kier alpha value is -1.57. The minimum absolute atomic E-state index is 0.144. The topological polar surface area (TPSA) is 75.2 Å². The van der Waals surface area contributed by atoms with Gasteiger partial charge in [-0.25, -0.2) is 4.98 Å². The first kappa shape index (κ1) is 16.3. The summed E-state index contributed by atoms with van der Waals surface area (Å²) in [4.78, 5) is 18.5. The number of hydrogen-bond acceptors (Lipinski definition) is 3. The maximum Gasteiger partial charge on any atom is 0.303 e. The first-order valence-corrected chi connectivity index (χ1v) is 8.79. The summed E-state index contributed by atoms with van der Waals surface area (Å²) in [5.41, 5.74) is 4.51. The van der Waals surface area contributed by atoms with Gasteiger partial charge in [0.2, 0.25) is 0 Å². The molecule has 1 atom stereocenters. The van der Waals surface area contributed by atoms with E-state index in [9.17, 15) is 4.79 Å². The minimum Gasteiger partial charge on any atom is -0.493 e. The van der Waals surface area contributed by atoms with E-state index in [0.29, 0.717) is 6.61 Å². The second-order valence-corrected chi connectivity index (χ2v) is 6.91. The Balaban J connectivity index is 1.60. The van der Waals surface area contributed by atoms with Gasteiger partial charge >= 0.3 is 5.97 Å². The number of ether oxygens (including phenoxy) is 1. The number of fused-ring (bicyclic) bond motifs is 1. The number of aryl methyl sites for hydroxylation is 2. The van der Waals surface area contributed by atoms with Crippen molar-refractivity contribution in [3.8, 4) is 5.75 Å². The smallest absolute Gasteiger partial charge is 0.303 e. The van der Waals surface area contributed by atoms with Crippen molar-refractivity contribution in [2.24, 2.45) is 0 Å². The zero-order valence-corrected chi connectivity index (χ0v) is 15.1. The van der Waals surface area contributed by atoms with E-state index >= 15 is 0 Å². The highest BCUT2D eigenvalue weighted by molar-refractivity contribution is 14.1. The van der Waals surface area contributed by atoms with Crippen LogP contribution in [0, 0.1) is 10.8 Å². The van der Waals surface area contributed by atoms with Gasteiger partial charge in [0.1, 0.15) is 5.75 Å². The summed E-state index contributed by atoms with van der Waals surface area (Å²) in [5, 5.41) is 8.97. The van der Waals surface area contributed by atoms with E-state index < -0.39 is 5.97 Å². The SMILES string of the molecule is Cc1[nH]c(I)nc1CCOc1ccc2c(c1)CC[C@H]2CC(=O)O. The number of rotatable bonds is 6. The Morgan fingerprint density at radius 1 is 1.52 bits per heavy atom. The Morgan fingerprint density at radius 2 is 2.35 bits per heavy atom. The highest BCUT2D eigenvalue weighted by Crippen LogP contribution is 2.37. The fraction of sp³-hybridized carbons (Fsp3) is 0.412. The number of nitrogens with one attached hydrogen (secondary N) is 1. The summed E-state index contributed by atoms with van der Waals surface area (Å²) in [6.07, 6.45) is 2.82. The molecule has 0 spiro atoms. The summed E-state index contributed by atoms with van der Waals surface area (Å²) in [6.45, 7) is 2.60. The number of carboxylic acid groups (broad SMARTS) is 1. The lowest BCUT2D eigenvalue weighted by Crippen LogP contribution is -2.04. The summed E-state index contributed by atoms with van der Waals surface area (Å²) in [7, 11) is 0. The van der Waals surface area contributed by atoms with Gasteiger partial charge in [-0.05, 0) is 71.5 Å². The van der Waals surface area contributed by atoms with Crippen LogP contribution in [-0.4, -0.2) is 27.7 Å². The maximum atomic E-state index is 10.9. The van der Waals surface area contributed by atoms with Crippen LogP contribution in [0.5, 0.6) is 5.75 Å². The molecule has 0 radical (unpaired) electrons. The van der Waals surface area contributed by atoms with Crippen molar-refractivity contribution in [3.63, 3.8) is 0 Å². The highest BCUT2D eigenvalue weighted by atomic mass is 127. The third kappa shape index (κ3) is 3.85. The molecule has 1 aliphatic carbocycles. The average Bonchev–Trinajstić information content (AvgIpc) is 3.02. The highest BCUT2D eigenvalue weighted by Gasteiger charge is 2.24. The van der Waals surface area contributed by atoms with Gasteiger partial charge in [0.25, 0.3) is 0 Å². The summed E-state index contributed by atoms with van der Waals surface area (Å²) in [6, 6.07) is 6.02. The zero-order valence-electron chi connectivity index (χ0n) is 12.9. The van der Waals surface area contributed by atoms with Crippen molar-refractivity contribution in [1.82, 2.24) is 9.97 Å². The number of aliphatic carboxylic acids is 1. The maximum absolute atomic E-state index is 10.9. The Labute approximate surface area is 148 Å². The number of H-pyrrole nitrogens is 1. The number of halogens is 1. The first-order valence-electron chi connectivity index (χ1n) is 7.71. The van der Waals surface area contributed by atoms with Crippen LogP contribution in [0.3, 0.4) is 0 Å². The molecule has 0 fully saturated rings. The number of carbonyl (C=O) groups is 1. The van der Waals surface area contributed by atoms with Crippen molar-refractivity contribution < 1.29 is 14.6 Å². The monoisotopic (exact) mass is 426 g/mol. The largest absolute Gasteiger partial charge is 0.493 e. The molecule has 5 nitrogen and oxygen atoms in total. The van der Waals surface area contributed by atoms with Crippen LogP contribution in [0.1, 0.15) is 41.3 Å². The molecule has 1 aliphatic rings. The average molecular weight is 426 g/mol. The number of aromatic amines is 1. The Kier molecular flexibility index (Phi) is 4.89. The third-order valence-corrected chi connectivity index (χ3v) is 4.81. The second kappa shape index (κ2) is 6.90. The lowest BCUT2D eigenvalue weighted by atomic mass is 9.98. The number of hydrogen-bond donors (Lipinski definition) is 2. The van der Waals surface area contributed by atoms with Gasteiger partial charge in [0.05, 0.1) is 18.7 Å². The summed E-state index contributed by atoms with van der Waals surface area (Å²) in [5.74, 6) is 0.264. The van der Waals surface area contributed by atoms with Crippen molar-refractivity contribution in [1.29, 1.82) is 0 Å². The number of nitrogens with zero attached hydrogens (tertiary/aromatic N) is 1. The van der Waals surface area contributed by atoms with Gasteiger partial charge in [-0.15, -0.1) is 0 Å². The molecule has 0 bridgehead atoms. The third-order valence-electron chi connectivity index (χ3n) is 4.30. The van der Waals surface area contributed by atoms with Gasteiger partial charge in [0, 0.05) is 12.1 Å². The van der Waals surface area contributed by atoms with Crippen LogP contribution in [0.4, 0.5) is 0 Å². The molecule has 0 saturated carbocycles. The molecule has 6 heteroatoms. The van der Waals surface area contributed by atoms with Crippen LogP contribution in [-0.2, 0) is 17.6 Å². The molecule has 2 aromatic rings. The van der Waals surface area contributed by atoms with E-state index in [-0.39, 0.29) is 12.3 Å². The van der Waals surface area contributed by atoms with E-state index in [4.69, 9.17) is 9.84 Å². The van der Waals surface area contributed by atoms with Crippen molar-refractivity contribution in [3.05, 3.63) is 44.5 Å². The zero-order chi connectivity index (χ0) is 16.4. The molecule has 2 N–H and O–H groups in total. The van der Waals surface area contributed by atoms with Crippen molar-refractivity contribution >= 4 is 28.6 Å². The van der Waals surface area contributed by atoms with Gasteiger partial charge in [-0.3, -0.25) is 4.79 Å². The Bertz CT molecular complexity index is 727. The molecule has 1 heterocycles. The van der Waals surface area contributed by atoms with Crippen LogP contribution in [0.25, 0.3) is 0 Å². The lowest BCUT2D eigenvalue weighted by molar-refractivity contribution is -0.137. The molecule has 23 heavy (non-hydrogen) atoms. The number of aromatic nitrogens is 2. The molecular formula is C17H19IN2O3. The number of benzene rings is 1. The number of carboxylic acids is 1. The molecule has 0 saturated heterocycles. The van der Waals surface area contributed by atoms with E-state index in [2.05, 4.69) is 38.6 Å². The lowest BCUT2D eigenvalue weighted by Gasteiger charge is -2.10. The molecule has 122 valence electrons. The normalized spacial score (nSPS) is 16.3. The van der Waals surface area contributed by atoms with Gasteiger partial charge in [-0.2, -0.15) is 0 Å². The quantitative estimate of drug-likeness (QED) is 0.694. The summed E-state index contributed by atoms with van der Waals surface area (Å²) < 4.78 is 6.74. The van der Waals surface area contributed by atoms with Crippen LogP contribution < -0.4 is 4.74 Å². The van der Waals surface area contributed by atoms with Crippen LogP contribution in [0.15, 0.2) is 18.2 Å². The van der Waals surface area contributed by atoms with E-state index in [1.54, 1.807) is 0 Å². The fourth-order valence-electron chi connectivity index (χ4n) is 3.16. The predicted octanol–water partition coefficient (Wildman–Crippen LogP) is 3.45. The van der Waals surface area contributed by atoms with Gasteiger partial charge < -0.3 is 14.8 Å². The fourth-order valence-corrected chi connectivity index (χ4v) is 3.86. The second-order valence-electron chi connectivity index (χ2n) is 5.89. The van der Waals surface area contributed by atoms with Crippen molar-refractivity contribution in [2.45, 2.75) is 38.5 Å². The Morgan fingerprint density at radius 3 is 3.04 bits per heavy atom. The molecule has 1 aromatic carbocycles. The molecule has 0 aliphatic heterocycles. The van der Waals surface area contributed by atoms with Gasteiger partial charge in [0.15, 0.2) is 3.83 Å². The van der Waals surface area contributed by atoms with E-state index in [1.165, 1.54) is 5.56 Å². The molecule has 0 unspecified atom stereocenters. The van der Waals surface area contributed by atoms with Crippen LogP contribution in [0.2, 0.25) is 0 Å². The molecule has 1 aromatic heterocycles.